The highest BCUT2D eigenvalue weighted by Gasteiger charge is 1.98. The standard InChI is InChI=1S/C13H29NSi/c1-5-8-10-13(11-9-6-2)12-15-14(4)7-3/h12H,5-11,15H2,1-4H3. The summed E-state index contributed by atoms with van der Waals surface area (Å²) in [5.74, 6) is 0. The molecule has 0 radical (unpaired) electrons. The zero-order valence-corrected chi connectivity index (χ0v) is 12.6. The van der Waals surface area contributed by atoms with Gasteiger partial charge in [0, 0.05) is 0 Å². The lowest BCUT2D eigenvalue weighted by atomic mass is 10.1. The number of rotatable bonds is 9. The van der Waals surface area contributed by atoms with Crippen LogP contribution < -0.4 is 0 Å². The number of hydrogen-bond donors (Lipinski definition) is 0. The lowest BCUT2D eigenvalue weighted by Gasteiger charge is -2.12. The molecule has 0 atom stereocenters. The van der Waals surface area contributed by atoms with Crippen molar-refractivity contribution in [1.82, 2.24) is 4.57 Å². The van der Waals surface area contributed by atoms with Crippen LogP contribution in [-0.2, 0) is 0 Å². The van der Waals surface area contributed by atoms with Crippen LogP contribution >= 0.6 is 0 Å². The van der Waals surface area contributed by atoms with E-state index in [1.807, 2.05) is 0 Å². The Morgan fingerprint density at radius 3 is 2.00 bits per heavy atom. The summed E-state index contributed by atoms with van der Waals surface area (Å²) in [5.41, 5.74) is 4.33. The molecule has 90 valence electrons. The van der Waals surface area contributed by atoms with Crippen molar-refractivity contribution in [1.29, 1.82) is 0 Å². The molecule has 0 rings (SSSR count). The Labute approximate surface area is 98.8 Å². The van der Waals surface area contributed by atoms with Gasteiger partial charge in [-0.1, -0.05) is 44.9 Å². The molecule has 0 aliphatic heterocycles. The number of nitrogens with zero attached hydrogens (tertiary/aromatic N) is 1. The molecule has 0 N–H and O–H groups in total. The Morgan fingerprint density at radius 1 is 1.07 bits per heavy atom. The van der Waals surface area contributed by atoms with Crippen molar-refractivity contribution in [3.8, 4) is 0 Å². The third kappa shape index (κ3) is 8.88. The summed E-state index contributed by atoms with van der Waals surface area (Å²) in [6.07, 6.45) is 8.10. The van der Waals surface area contributed by atoms with Gasteiger partial charge in [-0.05, 0) is 39.3 Å². The maximum absolute atomic E-state index is 2.59. The van der Waals surface area contributed by atoms with E-state index in [1.165, 1.54) is 45.1 Å². The van der Waals surface area contributed by atoms with Crippen LogP contribution in [0, 0.1) is 0 Å². The van der Waals surface area contributed by atoms with E-state index in [4.69, 9.17) is 0 Å². The molecule has 2 heteroatoms. The Balaban J connectivity index is 3.95. The van der Waals surface area contributed by atoms with Gasteiger partial charge in [0.15, 0.2) is 0 Å². The van der Waals surface area contributed by atoms with Crippen molar-refractivity contribution in [2.45, 2.75) is 59.3 Å². The minimum atomic E-state index is -0.0964. The zero-order chi connectivity index (χ0) is 11.5. The smallest absolute Gasteiger partial charge is 0.119 e. The SMILES string of the molecule is CCCCC(=C[SiH2]N(C)CC)CCCC. The Bertz CT molecular complexity index is 156. The van der Waals surface area contributed by atoms with Gasteiger partial charge in [-0.25, -0.2) is 0 Å². The van der Waals surface area contributed by atoms with E-state index < -0.39 is 0 Å². The molecule has 0 unspecified atom stereocenters. The quantitative estimate of drug-likeness (QED) is 0.546. The molecule has 0 saturated heterocycles. The maximum atomic E-state index is 2.59. The molecule has 0 fully saturated rings. The second-order valence-corrected chi connectivity index (χ2v) is 6.28. The van der Waals surface area contributed by atoms with Crippen molar-refractivity contribution in [3.05, 3.63) is 11.3 Å². The molecule has 0 aromatic heterocycles. The fourth-order valence-corrected chi connectivity index (χ4v) is 2.79. The van der Waals surface area contributed by atoms with Crippen molar-refractivity contribution in [2.24, 2.45) is 0 Å². The third-order valence-electron chi connectivity index (χ3n) is 2.93. The molecule has 0 aromatic rings. The van der Waals surface area contributed by atoms with E-state index in [0.29, 0.717) is 0 Å². The van der Waals surface area contributed by atoms with Crippen molar-refractivity contribution < 1.29 is 0 Å². The maximum Gasteiger partial charge on any atom is 0.119 e. The average molecular weight is 227 g/mol. The molecular weight excluding hydrogens is 198 g/mol. The van der Waals surface area contributed by atoms with E-state index in [-0.39, 0.29) is 9.68 Å². The van der Waals surface area contributed by atoms with Crippen LogP contribution in [0.1, 0.15) is 59.3 Å². The fourth-order valence-electron chi connectivity index (χ4n) is 1.55. The molecule has 15 heavy (non-hydrogen) atoms. The first-order chi connectivity index (χ1) is 7.24. The van der Waals surface area contributed by atoms with Gasteiger partial charge in [-0.2, -0.15) is 0 Å². The van der Waals surface area contributed by atoms with Crippen molar-refractivity contribution >= 4 is 9.68 Å². The first kappa shape index (κ1) is 14.9. The van der Waals surface area contributed by atoms with Crippen LogP contribution in [0.5, 0.6) is 0 Å². The van der Waals surface area contributed by atoms with E-state index in [1.54, 1.807) is 5.57 Å². The van der Waals surface area contributed by atoms with Gasteiger partial charge < -0.3 is 4.57 Å². The first-order valence-electron chi connectivity index (χ1n) is 6.61. The third-order valence-corrected chi connectivity index (χ3v) is 4.76. The van der Waals surface area contributed by atoms with Crippen LogP contribution in [0.15, 0.2) is 11.3 Å². The number of hydrogen-bond acceptors (Lipinski definition) is 1. The van der Waals surface area contributed by atoms with E-state index in [0.717, 1.165) is 0 Å². The average Bonchev–Trinajstić information content (AvgIpc) is 2.27. The Hall–Kier alpha value is -0.0831. The number of unbranched alkanes of at least 4 members (excludes halogenated alkanes) is 2. The topological polar surface area (TPSA) is 3.24 Å². The van der Waals surface area contributed by atoms with Gasteiger partial charge in [0.1, 0.15) is 9.68 Å². The van der Waals surface area contributed by atoms with Crippen LogP contribution in [-0.4, -0.2) is 27.8 Å². The second-order valence-electron chi connectivity index (χ2n) is 4.42. The molecule has 1 nitrogen and oxygen atoms in total. The van der Waals surface area contributed by atoms with Crippen molar-refractivity contribution in [2.75, 3.05) is 13.6 Å². The predicted molar refractivity (Wildman–Crippen MR) is 74.0 cm³/mol. The minimum Gasteiger partial charge on any atom is -0.328 e. The van der Waals surface area contributed by atoms with Crippen molar-refractivity contribution in [3.63, 3.8) is 0 Å². The highest BCUT2D eigenvalue weighted by molar-refractivity contribution is 6.38. The normalized spacial score (nSPS) is 11.5. The molecule has 0 aliphatic carbocycles. The first-order valence-corrected chi connectivity index (χ1v) is 8.05. The summed E-state index contributed by atoms with van der Waals surface area (Å²) in [6.45, 7) is 8.02. The highest BCUT2D eigenvalue weighted by atomic mass is 28.2. The molecule has 0 heterocycles. The highest BCUT2D eigenvalue weighted by Crippen LogP contribution is 2.14. The zero-order valence-electron chi connectivity index (χ0n) is 11.2. The van der Waals surface area contributed by atoms with E-state index in [2.05, 4.69) is 38.1 Å². The van der Waals surface area contributed by atoms with Crippen LogP contribution in [0.4, 0.5) is 0 Å². The minimum absolute atomic E-state index is 0.0964. The monoisotopic (exact) mass is 227 g/mol. The molecular formula is C13H29NSi. The van der Waals surface area contributed by atoms with E-state index in [9.17, 15) is 0 Å². The van der Waals surface area contributed by atoms with Crippen LogP contribution in [0.2, 0.25) is 0 Å². The number of allylic oxidation sites excluding steroid dienone is 1. The molecule has 0 amide bonds. The van der Waals surface area contributed by atoms with Crippen LogP contribution in [0.3, 0.4) is 0 Å². The van der Waals surface area contributed by atoms with Gasteiger partial charge >= 0.3 is 0 Å². The molecule has 0 bridgehead atoms. The van der Waals surface area contributed by atoms with Gasteiger partial charge in [-0.15, -0.1) is 0 Å². The fraction of sp³-hybridized carbons (Fsp3) is 0.846. The van der Waals surface area contributed by atoms with E-state index >= 15 is 0 Å². The summed E-state index contributed by atoms with van der Waals surface area (Å²) < 4.78 is 2.50. The lowest BCUT2D eigenvalue weighted by molar-refractivity contribution is 0.572. The molecule has 0 aromatic carbocycles. The summed E-state index contributed by atoms with van der Waals surface area (Å²) in [6, 6.07) is 0. The summed E-state index contributed by atoms with van der Waals surface area (Å²) in [4.78, 5) is 0. The molecule has 0 saturated carbocycles. The predicted octanol–water partition coefficient (Wildman–Crippen LogP) is 3.29. The lowest BCUT2D eigenvalue weighted by Crippen LogP contribution is -2.21. The van der Waals surface area contributed by atoms with Crippen LogP contribution in [0.25, 0.3) is 0 Å². The Kier molecular flexibility index (Phi) is 10.4. The van der Waals surface area contributed by atoms with Gasteiger partial charge in [0.25, 0.3) is 0 Å². The molecule has 0 spiro atoms. The molecule has 0 aliphatic rings. The second kappa shape index (κ2) is 10.4. The van der Waals surface area contributed by atoms with Gasteiger partial charge in [0.2, 0.25) is 0 Å². The van der Waals surface area contributed by atoms with Gasteiger partial charge in [0.05, 0.1) is 0 Å². The summed E-state index contributed by atoms with van der Waals surface area (Å²) >= 11 is 0. The largest absolute Gasteiger partial charge is 0.328 e. The Morgan fingerprint density at radius 2 is 1.60 bits per heavy atom. The van der Waals surface area contributed by atoms with Gasteiger partial charge in [-0.3, -0.25) is 0 Å². The summed E-state index contributed by atoms with van der Waals surface area (Å²) in [7, 11) is 2.15. The summed E-state index contributed by atoms with van der Waals surface area (Å²) in [5, 5.41) is 0.